The zero-order valence-corrected chi connectivity index (χ0v) is 24.5. The first-order chi connectivity index (χ1) is 21.0. The second-order valence-electron chi connectivity index (χ2n) is 10.9. The van der Waals surface area contributed by atoms with Crippen molar-refractivity contribution >= 4 is 17.6 Å². The van der Waals surface area contributed by atoms with Crippen LogP contribution in [0.5, 0.6) is 5.75 Å². The van der Waals surface area contributed by atoms with Gasteiger partial charge in [-0.15, -0.1) is 0 Å². The van der Waals surface area contributed by atoms with Crippen molar-refractivity contribution in [2.75, 3.05) is 26.3 Å². The second kappa shape index (κ2) is 14.4. The average molecular weight is 612 g/mol. The van der Waals surface area contributed by atoms with Crippen molar-refractivity contribution in [3.63, 3.8) is 0 Å². The number of fused-ring (bicyclic) bond motifs is 1. The van der Waals surface area contributed by atoms with Gasteiger partial charge in [0.15, 0.2) is 0 Å². The first kappa shape index (κ1) is 32.6. The molecule has 6 N–H and O–H groups in total. The second-order valence-corrected chi connectivity index (χ2v) is 10.9. The molecule has 0 saturated carbocycles. The molecule has 2 unspecified atom stereocenters. The number of ether oxygens (including phenoxy) is 2. The summed E-state index contributed by atoms with van der Waals surface area (Å²) in [5, 5.41) is 57.6. The number of hydrogen-bond acceptors (Lipinski definition) is 11. The first-order valence-corrected chi connectivity index (χ1v) is 14.3. The number of carboxylic acids is 1. The Labute approximate surface area is 254 Å². The number of nitro benzene ring substituents is 1. The Morgan fingerprint density at radius 1 is 1.09 bits per heavy atom. The molecule has 2 aliphatic rings. The Hall–Kier alpha value is -4.30. The van der Waals surface area contributed by atoms with Crippen LogP contribution in [0.25, 0.3) is 0 Å². The summed E-state index contributed by atoms with van der Waals surface area (Å²) >= 11 is 0. The number of aliphatic carboxylic acids is 1. The Bertz CT molecular complexity index is 1470. The molecule has 1 heterocycles. The molecule has 13 heteroatoms. The van der Waals surface area contributed by atoms with E-state index in [0.29, 0.717) is 36.5 Å². The van der Waals surface area contributed by atoms with Crippen LogP contribution >= 0.6 is 0 Å². The van der Waals surface area contributed by atoms with Crippen LogP contribution in [0, 0.1) is 10.1 Å². The molecule has 0 saturated heterocycles. The highest BCUT2D eigenvalue weighted by Gasteiger charge is 2.37. The smallest absolute Gasteiger partial charge is 0.336 e. The van der Waals surface area contributed by atoms with Gasteiger partial charge in [0.1, 0.15) is 18.5 Å². The molecule has 4 rings (SSSR count). The van der Waals surface area contributed by atoms with E-state index in [-0.39, 0.29) is 48.6 Å². The third-order valence-corrected chi connectivity index (χ3v) is 7.68. The molecule has 2 aromatic rings. The van der Waals surface area contributed by atoms with Crippen LogP contribution in [0.1, 0.15) is 42.9 Å². The molecular weight excluding hydrogens is 574 g/mol. The van der Waals surface area contributed by atoms with Crippen LogP contribution < -0.4 is 15.4 Å². The number of non-ortho nitro benzene ring substituents is 1. The fraction of sp³-hybridized carbons (Fsp3) is 0.419. The van der Waals surface area contributed by atoms with Crippen molar-refractivity contribution in [1.29, 1.82) is 0 Å². The van der Waals surface area contributed by atoms with E-state index in [9.17, 15) is 40.1 Å². The molecule has 2 aromatic carbocycles. The van der Waals surface area contributed by atoms with Gasteiger partial charge in [-0.2, -0.15) is 0 Å². The van der Waals surface area contributed by atoms with Crippen molar-refractivity contribution in [2.45, 2.75) is 57.3 Å². The van der Waals surface area contributed by atoms with Crippen molar-refractivity contribution < 1.29 is 44.4 Å². The highest BCUT2D eigenvalue weighted by atomic mass is 16.6. The largest absolute Gasteiger partial charge is 0.491 e. The third kappa shape index (κ3) is 7.61. The van der Waals surface area contributed by atoms with Gasteiger partial charge in [0.25, 0.3) is 5.69 Å². The summed E-state index contributed by atoms with van der Waals surface area (Å²) in [4.78, 5) is 36.2. The highest BCUT2D eigenvalue weighted by molar-refractivity contribution is 5.99. The lowest BCUT2D eigenvalue weighted by molar-refractivity contribution is -0.384. The Balaban J connectivity index is 1.28. The average Bonchev–Trinajstić information content (AvgIpc) is 2.97. The van der Waals surface area contributed by atoms with E-state index >= 15 is 0 Å². The van der Waals surface area contributed by atoms with E-state index in [0.717, 1.165) is 11.1 Å². The number of nitrogens with one attached hydrogen (secondary N) is 2. The van der Waals surface area contributed by atoms with Crippen LogP contribution in [0.2, 0.25) is 0 Å². The minimum Gasteiger partial charge on any atom is -0.491 e. The van der Waals surface area contributed by atoms with Crippen LogP contribution in [0.3, 0.4) is 0 Å². The van der Waals surface area contributed by atoms with Crippen LogP contribution in [0.4, 0.5) is 5.69 Å². The topological polar surface area (TPSA) is 201 Å². The van der Waals surface area contributed by atoms with Gasteiger partial charge >= 0.3 is 11.9 Å². The van der Waals surface area contributed by atoms with Crippen molar-refractivity contribution in [1.82, 2.24) is 10.6 Å². The van der Waals surface area contributed by atoms with Gasteiger partial charge in [0.05, 0.1) is 40.8 Å². The van der Waals surface area contributed by atoms with Crippen LogP contribution in [-0.2, 0) is 27.2 Å². The lowest BCUT2D eigenvalue weighted by Gasteiger charge is -2.29. The van der Waals surface area contributed by atoms with Crippen molar-refractivity contribution in [2.24, 2.45) is 0 Å². The minimum absolute atomic E-state index is 0.00625. The summed E-state index contributed by atoms with van der Waals surface area (Å²) in [5.74, 6) is -2.52. The lowest BCUT2D eigenvalue weighted by atomic mass is 9.80. The van der Waals surface area contributed by atoms with E-state index in [2.05, 4.69) is 10.6 Å². The Morgan fingerprint density at radius 3 is 2.52 bits per heavy atom. The predicted octanol–water partition coefficient (Wildman–Crippen LogP) is 1.70. The SMILES string of the molecule is CC1=C(C(=O)O)C(c2cccc([N+](=O)[O-])c2)C(C(=O)OCCCNCC(O)COc2cccc3c2C[C@H](O)[C@H](O)C3)=C(C)N1. The fourth-order valence-electron chi connectivity index (χ4n) is 5.53. The van der Waals surface area contributed by atoms with Gasteiger partial charge in [0.2, 0.25) is 0 Å². The number of nitrogens with zero attached hydrogens (tertiary/aromatic N) is 1. The predicted molar refractivity (Wildman–Crippen MR) is 158 cm³/mol. The van der Waals surface area contributed by atoms with Crippen molar-refractivity contribution in [3.05, 3.63) is 91.8 Å². The summed E-state index contributed by atoms with van der Waals surface area (Å²) in [5.41, 5.74) is 2.43. The van der Waals surface area contributed by atoms with Crippen LogP contribution in [0.15, 0.2) is 65.0 Å². The quantitative estimate of drug-likeness (QED) is 0.0830. The standard InChI is InChI=1S/C31H37N3O10/c1-17-27(30(38)39)29(20-7-3-8-21(12-20)34(41)42)28(18(2)33-17)31(40)43-11-5-10-32-15-22(35)16-44-26-9-4-6-19-13-24(36)25(37)14-23(19)26/h3-4,6-9,12,22,24-25,29,32-33,35-37H,5,10-11,13-16H2,1-2H3,(H,38,39)/t22?,24-,25+,29?/m1/s1. The zero-order chi connectivity index (χ0) is 32.0. The fourth-order valence-corrected chi connectivity index (χ4v) is 5.53. The van der Waals surface area contributed by atoms with E-state index in [1.165, 1.54) is 18.2 Å². The molecule has 236 valence electrons. The van der Waals surface area contributed by atoms with E-state index in [1.54, 1.807) is 32.0 Å². The number of dihydropyridines is 1. The molecule has 1 aliphatic heterocycles. The lowest BCUT2D eigenvalue weighted by Crippen LogP contribution is -2.35. The normalized spacial score (nSPS) is 20.4. The number of benzene rings is 2. The Kier molecular flexibility index (Phi) is 10.7. The number of allylic oxidation sites excluding steroid dienone is 2. The minimum atomic E-state index is -1.26. The van der Waals surface area contributed by atoms with E-state index in [4.69, 9.17) is 9.47 Å². The van der Waals surface area contributed by atoms with Crippen LogP contribution in [-0.4, -0.2) is 81.9 Å². The molecular formula is C31H37N3O10. The highest BCUT2D eigenvalue weighted by Crippen LogP contribution is 2.39. The molecule has 44 heavy (non-hydrogen) atoms. The van der Waals surface area contributed by atoms with Gasteiger partial charge in [-0.1, -0.05) is 24.3 Å². The monoisotopic (exact) mass is 611 g/mol. The van der Waals surface area contributed by atoms with Gasteiger partial charge < -0.3 is 40.5 Å². The maximum Gasteiger partial charge on any atom is 0.336 e. The Morgan fingerprint density at radius 2 is 1.80 bits per heavy atom. The molecule has 0 aromatic heterocycles. The number of carbonyl (C=O) groups excluding carboxylic acids is 1. The van der Waals surface area contributed by atoms with E-state index in [1.807, 2.05) is 6.07 Å². The number of carbonyl (C=O) groups is 2. The molecule has 0 bridgehead atoms. The molecule has 0 radical (unpaired) electrons. The summed E-state index contributed by atoms with van der Waals surface area (Å²) < 4.78 is 11.3. The molecule has 0 amide bonds. The van der Waals surface area contributed by atoms with Gasteiger partial charge in [-0.05, 0) is 44.0 Å². The van der Waals surface area contributed by atoms with Gasteiger partial charge in [-0.25, -0.2) is 9.59 Å². The summed E-state index contributed by atoms with van der Waals surface area (Å²) in [7, 11) is 0. The first-order valence-electron chi connectivity index (χ1n) is 14.3. The number of carboxylic acid groups (broad SMARTS) is 1. The molecule has 13 nitrogen and oxygen atoms in total. The molecule has 0 spiro atoms. The maximum atomic E-state index is 13.2. The number of aliphatic hydroxyl groups excluding tert-OH is 3. The van der Waals surface area contributed by atoms with E-state index < -0.39 is 41.1 Å². The maximum absolute atomic E-state index is 13.2. The number of rotatable bonds is 13. The van der Waals surface area contributed by atoms with Crippen molar-refractivity contribution in [3.8, 4) is 5.75 Å². The van der Waals surface area contributed by atoms with Gasteiger partial charge in [0, 0.05) is 48.5 Å². The summed E-state index contributed by atoms with van der Waals surface area (Å²) in [6.45, 7) is 3.80. The number of nitro groups is 1. The van der Waals surface area contributed by atoms with Gasteiger partial charge in [-0.3, -0.25) is 10.1 Å². The summed E-state index contributed by atoms with van der Waals surface area (Å²) in [6.07, 6.45) is -1.52. The zero-order valence-electron chi connectivity index (χ0n) is 24.5. The third-order valence-electron chi connectivity index (χ3n) is 7.68. The number of hydrogen-bond donors (Lipinski definition) is 6. The number of esters is 1. The number of aliphatic hydroxyl groups is 3. The molecule has 4 atom stereocenters. The molecule has 1 aliphatic carbocycles. The summed E-state index contributed by atoms with van der Waals surface area (Å²) in [6, 6.07) is 11.0. The molecule has 0 fully saturated rings.